The SMILES string of the molecule is CCOC1CCCC2NC(C(=O)O)CC21. The summed E-state index contributed by atoms with van der Waals surface area (Å²) >= 11 is 0. The fourth-order valence-electron chi connectivity index (χ4n) is 2.94. The molecule has 4 heteroatoms. The lowest BCUT2D eigenvalue weighted by Gasteiger charge is -2.32. The number of hydrogen-bond donors (Lipinski definition) is 2. The number of aliphatic carboxylic acids is 1. The van der Waals surface area contributed by atoms with E-state index in [1.54, 1.807) is 0 Å². The van der Waals surface area contributed by atoms with Crippen molar-refractivity contribution in [3.63, 3.8) is 0 Å². The van der Waals surface area contributed by atoms with Crippen LogP contribution in [-0.2, 0) is 9.53 Å². The minimum absolute atomic E-state index is 0.269. The molecule has 0 aromatic rings. The molecular weight excluding hydrogens is 194 g/mol. The summed E-state index contributed by atoms with van der Waals surface area (Å²) in [7, 11) is 0. The molecule has 4 nitrogen and oxygen atoms in total. The molecule has 1 saturated carbocycles. The Morgan fingerprint density at radius 1 is 1.53 bits per heavy atom. The van der Waals surface area contributed by atoms with Crippen molar-refractivity contribution in [3.8, 4) is 0 Å². The summed E-state index contributed by atoms with van der Waals surface area (Å²) in [4.78, 5) is 10.9. The monoisotopic (exact) mass is 213 g/mol. The number of rotatable bonds is 3. The number of hydrogen-bond acceptors (Lipinski definition) is 3. The molecule has 0 amide bonds. The first kappa shape index (κ1) is 10.9. The van der Waals surface area contributed by atoms with Crippen molar-refractivity contribution < 1.29 is 14.6 Å². The third-order valence-electron chi connectivity index (χ3n) is 3.60. The zero-order valence-electron chi connectivity index (χ0n) is 9.11. The van der Waals surface area contributed by atoms with Crippen LogP contribution in [0.4, 0.5) is 0 Å². The van der Waals surface area contributed by atoms with Gasteiger partial charge in [-0.05, 0) is 32.6 Å². The molecule has 86 valence electrons. The summed E-state index contributed by atoms with van der Waals surface area (Å²) in [5.41, 5.74) is 0. The molecular formula is C11H19NO3. The number of ether oxygens (including phenoxy) is 1. The highest BCUT2D eigenvalue weighted by molar-refractivity contribution is 5.74. The van der Waals surface area contributed by atoms with Crippen LogP contribution in [0.5, 0.6) is 0 Å². The minimum atomic E-state index is -0.723. The van der Waals surface area contributed by atoms with Gasteiger partial charge in [0.25, 0.3) is 0 Å². The Kier molecular flexibility index (Phi) is 3.26. The van der Waals surface area contributed by atoms with Gasteiger partial charge in [0, 0.05) is 18.6 Å². The van der Waals surface area contributed by atoms with Crippen molar-refractivity contribution in [1.82, 2.24) is 5.32 Å². The van der Waals surface area contributed by atoms with Crippen molar-refractivity contribution in [2.75, 3.05) is 6.61 Å². The Bertz CT molecular complexity index is 242. The van der Waals surface area contributed by atoms with Gasteiger partial charge < -0.3 is 15.2 Å². The number of fused-ring (bicyclic) bond motifs is 1. The summed E-state index contributed by atoms with van der Waals surface area (Å²) in [5.74, 6) is -0.320. The van der Waals surface area contributed by atoms with E-state index in [2.05, 4.69) is 5.32 Å². The van der Waals surface area contributed by atoms with Crippen molar-refractivity contribution in [3.05, 3.63) is 0 Å². The molecule has 2 rings (SSSR count). The van der Waals surface area contributed by atoms with Crippen molar-refractivity contribution >= 4 is 5.97 Å². The second kappa shape index (κ2) is 4.49. The van der Waals surface area contributed by atoms with Crippen LogP contribution in [0.25, 0.3) is 0 Å². The summed E-state index contributed by atoms with van der Waals surface area (Å²) < 4.78 is 5.69. The predicted molar refractivity (Wildman–Crippen MR) is 55.7 cm³/mol. The molecule has 1 aliphatic carbocycles. The first-order valence-electron chi connectivity index (χ1n) is 5.82. The molecule has 1 aliphatic heterocycles. The lowest BCUT2D eigenvalue weighted by Crippen LogP contribution is -2.41. The average molecular weight is 213 g/mol. The van der Waals surface area contributed by atoms with E-state index in [1.165, 1.54) is 0 Å². The van der Waals surface area contributed by atoms with Gasteiger partial charge in [-0.25, -0.2) is 0 Å². The normalized spacial score (nSPS) is 40.1. The van der Waals surface area contributed by atoms with Gasteiger partial charge in [-0.3, -0.25) is 4.79 Å². The fourth-order valence-corrected chi connectivity index (χ4v) is 2.94. The number of nitrogens with one attached hydrogen (secondary N) is 1. The van der Waals surface area contributed by atoms with E-state index >= 15 is 0 Å². The van der Waals surface area contributed by atoms with Gasteiger partial charge in [-0.1, -0.05) is 0 Å². The quantitative estimate of drug-likeness (QED) is 0.734. The zero-order valence-corrected chi connectivity index (χ0v) is 9.11. The molecule has 4 unspecified atom stereocenters. The maximum atomic E-state index is 10.9. The lowest BCUT2D eigenvalue weighted by atomic mass is 9.82. The van der Waals surface area contributed by atoms with Crippen LogP contribution in [0.3, 0.4) is 0 Å². The molecule has 1 saturated heterocycles. The zero-order chi connectivity index (χ0) is 10.8. The van der Waals surface area contributed by atoms with E-state index in [0.717, 1.165) is 32.3 Å². The van der Waals surface area contributed by atoms with Crippen LogP contribution in [0, 0.1) is 5.92 Å². The van der Waals surface area contributed by atoms with E-state index in [-0.39, 0.29) is 12.1 Å². The van der Waals surface area contributed by atoms with Crippen LogP contribution in [-0.4, -0.2) is 35.9 Å². The van der Waals surface area contributed by atoms with E-state index < -0.39 is 5.97 Å². The van der Waals surface area contributed by atoms with E-state index in [9.17, 15) is 4.79 Å². The minimum Gasteiger partial charge on any atom is -0.480 e. The molecule has 2 fully saturated rings. The van der Waals surface area contributed by atoms with Gasteiger partial charge in [-0.15, -0.1) is 0 Å². The fraction of sp³-hybridized carbons (Fsp3) is 0.909. The van der Waals surface area contributed by atoms with Crippen LogP contribution < -0.4 is 5.32 Å². The molecule has 15 heavy (non-hydrogen) atoms. The largest absolute Gasteiger partial charge is 0.480 e. The van der Waals surface area contributed by atoms with Crippen molar-refractivity contribution in [2.24, 2.45) is 5.92 Å². The Morgan fingerprint density at radius 2 is 2.33 bits per heavy atom. The molecule has 0 aromatic heterocycles. The van der Waals surface area contributed by atoms with Crippen LogP contribution in [0.1, 0.15) is 32.6 Å². The molecule has 0 bridgehead atoms. The Labute approximate surface area is 90.0 Å². The third-order valence-corrected chi connectivity index (χ3v) is 3.60. The van der Waals surface area contributed by atoms with Gasteiger partial charge >= 0.3 is 5.97 Å². The second-order valence-corrected chi connectivity index (χ2v) is 4.49. The lowest BCUT2D eigenvalue weighted by molar-refractivity contribution is -0.139. The maximum absolute atomic E-state index is 10.9. The molecule has 2 N–H and O–H groups in total. The molecule has 1 heterocycles. The molecule has 4 atom stereocenters. The Hall–Kier alpha value is -0.610. The number of carbonyl (C=O) groups is 1. The Morgan fingerprint density at radius 3 is 3.00 bits per heavy atom. The van der Waals surface area contributed by atoms with Crippen LogP contribution in [0.15, 0.2) is 0 Å². The first-order chi connectivity index (χ1) is 7.22. The number of carboxylic acids is 1. The van der Waals surface area contributed by atoms with E-state index in [0.29, 0.717) is 12.0 Å². The summed E-state index contributed by atoms with van der Waals surface area (Å²) in [6, 6.07) is -0.00236. The van der Waals surface area contributed by atoms with Crippen molar-refractivity contribution in [2.45, 2.75) is 50.8 Å². The third kappa shape index (κ3) is 2.16. The standard InChI is InChI=1S/C11H19NO3/c1-2-15-10-5-3-4-8-7(10)6-9(12-8)11(13)14/h7-10,12H,2-6H2,1H3,(H,13,14). The summed E-state index contributed by atoms with van der Waals surface area (Å²) in [5, 5.41) is 12.2. The highest BCUT2D eigenvalue weighted by Gasteiger charge is 2.43. The summed E-state index contributed by atoms with van der Waals surface area (Å²) in [6.45, 7) is 2.73. The van der Waals surface area contributed by atoms with Gasteiger partial charge in [0.15, 0.2) is 0 Å². The molecule has 0 spiro atoms. The highest BCUT2D eigenvalue weighted by atomic mass is 16.5. The van der Waals surface area contributed by atoms with E-state index in [4.69, 9.17) is 9.84 Å². The van der Waals surface area contributed by atoms with Gasteiger partial charge in [-0.2, -0.15) is 0 Å². The van der Waals surface area contributed by atoms with Crippen LogP contribution in [0.2, 0.25) is 0 Å². The van der Waals surface area contributed by atoms with E-state index in [1.807, 2.05) is 6.92 Å². The molecule has 0 radical (unpaired) electrons. The molecule has 0 aromatic carbocycles. The predicted octanol–water partition coefficient (Wildman–Crippen LogP) is 1.01. The van der Waals surface area contributed by atoms with Gasteiger partial charge in [0.05, 0.1) is 6.10 Å². The number of carboxylic acid groups (broad SMARTS) is 1. The maximum Gasteiger partial charge on any atom is 0.320 e. The molecule has 2 aliphatic rings. The smallest absolute Gasteiger partial charge is 0.320 e. The Balaban J connectivity index is 2.00. The first-order valence-corrected chi connectivity index (χ1v) is 5.82. The topological polar surface area (TPSA) is 58.6 Å². The van der Waals surface area contributed by atoms with Crippen molar-refractivity contribution in [1.29, 1.82) is 0 Å². The van der Waals surface area contributed by atoms with Gasteiger partial charge in [0.1, 0.15) is 6.04 Å². The highest BCUT2D eigenvalue weighted by Crippen LogP contribution is 2.35. The van der Waals surface area contributed by atoms with Crippen LogP contribution >= 0.6 is 0 Å². The second-order valence-electron chi connectivity index (χ2n) is 4.49. The van der Waals surface area contributed by atoms with Gasteiger partial charge in [0.2, 0.25) is 0 Å². The summed E-state index contributed by atoms with van der Waals surface area (Å²) in [6.07, 6.45) is 4.32. The average Bonchev–Trinajstić information content (AvgIpc) is 2.63.